The van der Waals surface area contributed by atoms with E-state index in [0.29, 0.717) is 17.6 Å². The Bertz CT molecular complexity index is 221. The maximum absolute atomic E-state index is 12.1. The first kappa shape index (κ1) is 10.2. The second kappa shape index (κ2) is 4.04. The van der Waals surface area contributed by atoms with Crippen LogP contribution in [0.25, 0.3) is 0 Å². The summed E-state index contributed by atoms with van der Waals surface area (Å²) in [7, 11) is 0. The standard InChI is InChI=1S/C13H22O/c1-3-4-9(2)13(14)12-8-10-5-6-11(12)7-10/h9-12H,3-8H2,1-2H3. The minimum Gasteiger partial charge on any atom is -0.299 e. The van der Waals surface area contributed by atoms with Crippen LogP contribution in [0.15, 0.2) is 0 Å². The van der Waals surface area contributed by atoms with Crippen LogP contribution < -0.4 is 0 Å². The Hall–Kier alpha value is -0.330. The molecule has 2 fully saturated rings. The van der Waals surface area contributed by atoms with E-state index in [1.165, 1.54) is 25.7 Å². The fourth-order valence-electron chi connectivity index (χ4n) is 3.53. The predicted molar refractivity (Wildman–Crippen MR) is 58.0 cm³/mol. The molecule has 1 nitrogen and oxygen atoms in total. The third-order valence-electron chi connectivity index (χ3n) is 4.31. The van der Waals surface area contributed by atoms with E-state index in [1.807, 2.05) is 0 Å². The first-order chi connectivity index (χ1) is 6.72. The van der Waals surface area contributed by atoms with Gasteiger partial charge in [-0.2, -0.15) is 0 Å². The molecule has 0 saturated heterocycles. The Morgan fingerprint density at radius 1 is 1.36 bits per heavy atom. The molecule has 0 aromatic carbocycles. The minimum absolute atomic E-state index is 0.323. The molecule has 2 aliphatic carbocycles. The number of carbonyl (C=O) groups is 1. The Morgan fingerprint density at radius 3 is 2.64 bits per heavy atom. The van der Waals surface area contributed by atoms with Gasteiger partial charge in [0.15, 0.2) is 0 Å². The number of fused-ring (bicyclic) bond motifs is 2. The number of rotatable bonds is 4. The average Bonchev–Trinajstić information content (AvgIpc) is 2.77. The zero-order valence-corrected chi connectivity index (χ0v) is 9.46. The van der Waals surface area contributed by atoms with E-state index in [4.69, 9.17) is 0 Å². The normalized spacial score (nSPS) is 37.4. The van der Waals surface area contributed by atoms with Gasteiger partial charge in [0, 0.05) is 11.8 Å². The molecule has 0 spiro atoms. The molecule has 14 heavy (non-hydrogen) atoms. The van der Waals surface area contributed by atoms with Gasteiger partial charge >= 0.3 is 0 Å². The van der Waals surface area contributed by atoms with Crippen molar-refractivity contribution in [3.8, 4) is 0 Å². The minimum atomic E-state index is 0.323. The average molecular weight is 194 g/mol. The second-order valence-corrected chi connectivity index (χ2v) is 5.37. The predicted octanol–water partition coefficient (Wildman–Crippen LogP) is 3.43. The molecular weight excluding hydrogens is 172 g/mol. The number of Topliss-reactive ketones (excluding diaryl/α,β-unsaturated/α-hetero) is 1. The lowest BCUT2D eigenvalue weighted by Gasteiger charge is -2.23. The summed E-state index contributed by atoms with van der Waals surface area (Å²) >= 11 is 0. The van der Waals surface area contributed by atoms with Crippen LogP contribution in [0.5, 0.6) is 0 Å². The van der Waals surface area contributed by atoms with Crippen molar-refractivity contribution in [2.24, 2.45) is 23.7 Å². The van der Waals surface area contributed by atoms with Crippen molar-refractivity contribution in [1.29, 1.82) is 0 Å². The van der Waals surface area contributed by atoms with Crippen molar-refractivity contribution in [3.63, 3.8) is 0 Å². The van der Waals surface area contributed by atoms with Crippen molar-refractivity contribution < 1.29 is 4.79 Å². The summed E-state index contributed by atoms with van der Waals surface area (Å²) in [6, 6.07) is 0. The van der Waals surface area contributed by atoms with Gasteiger partial charge in [0.1, 0.15) is 5.78 Å². The zero-order chi connectivity index (χ0) is 10.1. The van der Waals surface area contributed by atoms with E-state index in [-0.39, 0.29) is 0 Å². The highest BCUT2D eigenvalue weighted by Gasteiger charge is 2.43. The van der Waals surface area contributed by atoms with Crippen LogP contribution in [0.1, 0.15) is 52.4 Å². The van der Waals surface area contributed by atoms with E-state index >= 15 is 0 Å². The Morgan fingerprint density at radius 2 is 2.14 bits per heavy atom. The van der Waals surface area contributed by atoms with E-state index < -0.39 is 0 Å². The summed E-state index contributed by atoms with van der Waals surface area (Å²) in [4.78, 5) is 12.1. The Labute approximate surface area is 87.3 Å². The summed E-state index contributed by atoms with van der Waals surface area (Å²) in [5.41, 5.74) is 0. The number of ketones is 1. The van der Waals surface area contributed by atoms with E-state index in [2.05, 4.69) is 13.8 Å². The Kier molecular flexibility index (Phi) is 2.94. The summed E-state index contributed by atoms with van der Waals surface area (Å²) in [5.74, 6) is 3.04. The SMILES string of the molecule is CCCC(C)C(=O)C1CC2CCC1C2. The van der Waals surface area contributed by atoms with E-state index in [9.17, 15) is 4.79 Å². The van der Waals surface area contributed by atoms with Gasteiger partial charge in [-0.3, -0.25) is 4.79 Å². The highest BCUT2D eigenvalue weighted by Crippen LogP contribution is 2.49. The molecule has 2 bridgehead atoms. The lowest BCUT2D eigenvalue weighted by Crippen LogP contribution is -2.26. The topological polar surface area (TPSA) is 17.1 Å². The van der Waals surface area contributed by atoms with Gasteiger partial charge in [-0.15, -0.1) is 0 Å². The summed E-state index contributed by atoms with van der Waals surface area (Å²) in [6.45, 7) is 4.29. The number of hydrogen-bond acceptors (Lipinski definition) is 1. The van der Waals surface area contributed by atoms with Crippen LogP contribution in [0.2, 0.25) is 0 Å². The molecule has 80 valence electrons. The Balaban J connectivity index is 1.92. The number of hydrogen-bond donors (Lipinski definition) is 0. The van der Waals surface area contributed by atoms with Crippen molar-refractivity contribution in [2.45, 2.75) is 52.4 Å². The van der Waals surface area contributed by atoms with Gasteiger partial charge in [0.2, 0.25) is 0 Å². The molecule has 0 aliphatic heterocycles. The van der Waals surface area contributed by atoms with Gasteiger partial charge in [-0.05, 0) is 37.5 Å². The van der Waals surface area contributed by atoms with Crippen LogP contribution in [0.4, 0.5) is 0 Å². The van der Waals surface area contributed by atoms with Crippen molar-refractivity contribution in [3.05, 3.63) is 0 Å². The van der Waals surface area contributed by atoms with Crippen LogP contribution in [-0.4, -0.2) is 5.78 Å². The number of carbonyl (C=O) groups excluding carboxylic acids is 1. The molecule has 4 unspecified atom stereocenters. The summed E-state index contributed by atoms with van der Waals surface area (Å²) in [6.07, 6.45) is 7.55. The maximum Gasteiger partial charge on any atom is 0.139 e. The van der Waals surface area contributed by atoms with Gasteiger partial charge < -0.3 is 0 Å². The molecule has 1 heteroatoms. The van der Waals surface area contributed by atoms with E-state index in [1.54, 1.807) is 0 Å². The fraction of sp³-hybridized carbons (Fsp3) is 0.923. The van der Waals surface area contributed by atoms with E-state index in [0.717, 1.165) is 24.7 Å². The molecule has 0 heterocycles. The largest absolute Gasteiger partial charge is 0.299 e. The van der Waals surface area contributed by atoms with Crippen molar-refractivity contribution in [2.75, 3.05) is 0 Å². The van der Waals surface area contributed by atoms with Crippen LogP contribution in [0.3, 0.4) is 0 Å². The molecule has 0 aromatic heterocycles. The molecule has 2 aliphatic rings. The molecule has 2 saturated carbocycles. The van der Waals surface area contributed by atoms with Crippen LogP contribution in [-0.2, 0) is 4.79 Å². The smallest absolute Gasteiger partial charge is 0.139 e. The maximum atomic E-state index is 12.1. The van der Waals surface area contributed by atoms with Crippen molar-refractivity contribution >= 4 is 5.78 Å². The van der Waals surface area contributed by atoms with Gasteiger partial charge in [-0.25, -0.2) is 0 Å². The summed E-state index contributed by atoms with van der Waals surface area (Å²) < 4.78 is 0. The molecule has 2 rings (SSSR count). The quantitative estimate of drug-likeness (QED) is 0.670. The highest BCUT2D eigenvalue weighted by molar-refractivity contribution is 5.83. The second-order valence-electron chi connectivity index (χ2n) is 5.37. The summed E-state index contributed by atoms with van der Waals surface area (Å²) in [5, 5.41) is 0. The van der Waals surface area contributed by atoms with Gasteiger partial charge in [0.25, 0.3) is 0 Å². The lowest BCUT2D eigenvalue weighted by molar-refractivity contribution is -0.128. The zero-order valence-electron chi connectivity index (χ0n) is 9.46. The highest BCUT2D eigenvalue weighted by atomic mass is 16.1. The lowest BCUT2D eigenvalue weighted by atomic mass is 9.80. The molecule has 0 radical (unpaired) electrons. The third-order valence-corrected chi connectivity index (χ3v) is 4.31. The first-order valence-electron chi connectivity index (χ1n) is 6.26. The van der Waals surface area contributed by atoms with Gasteiger partial charge in [-0.1, -0.05) is 26.7 Å². The van der Waals surface area contributed by atoms with Gasteiger partial charge in [0.05, 0.1) is 0 Å². The molecular formula is C13H22O. The third kappa shape index (κ3) is 1.74. The fourth-order valence-corrected chi connectivity index (χ4v) is 3.53. The molecule has 0 amide bonds. The molecule has 4 atom stereocenters. The van der Waals surface area contributed by atoms with Crippen molar-refractivity contribution in [1.82, 2.24) is 0 Å². The first-order valence-corrected chi connectivity index (χ1v) is 6.26. The van der Waals surface area contributed by atoms with Crippen LogP contribution in [0, 0.1) is 23.7 Å². The molecule has 0 N–H and O–H groups in total. The molecule has 0 aromatic rings. The monoisotopic (exact) mass is 194 g/mol. The van der Waals surface area contributed by atoms with Crippen LogP contribution >= 0.6 is 0 Å².